The second kappa shape index (κ2) is 8.67. The van der Waals surface area contributed by atoms with E-state index in [-0.39, 0.29) is 0 Å². The first-order valence-corrected chi connectivity index (χ1v) is 11.6. The number of aryl methyl sites for hydroxylation is 2. The highest BCUT2D eigenvalue weighted by Crippen LogP contribution is 2.38. The minimum atomic E-state index is -1.71. The Kier molecular flexibility index (Phi) is 6.01. The van der Waals surface area contributed by atoms with Crippen LogP contribution in [0.1, 0.15) is 54.5 Å². The fourth-order valence-electron chi connectivity index (χ4n) is 4.27. The third kappa shape index (κ3) is 4.54. The summed E-state index contributed by atoms with van der Waals surface area (Å²) in [6, 6.07) is 9.61. The van der Waals surface area contributed by atoms with E-state index in [1.807, 2.05) is 12.1 Å². The van der Waals surface area contributed by atoms with E-state index in [2.05, 4.69) is 34.9 Å². The third-order valence-corrected chi connectivity index (χ3v) is 6.72. The maximum atomic E-state index is 12.6. The normalized spacial score (nSPS) is 16.1. The molecular formula is C23H28N3O2S-. The Hall–Kier alpha value is -2.18. The molecule has 2 N–H and O–H groups in total. The van der Waals surface area contributed by atoms with Crippen LogP contribution in [0, 0.1) is 0 Å². The Labute approximate surface area is 174 Å². The molecule has 5 nitrogen and oxygen atoms in total. The molecule has 0 saturated carbocycles. The molecule has 2 aliphatic carbocycles. The Morgan fingerprint density at radius 1 is 1.03 bits per heavy atom. The monoisotopic (exact) mass is 410 g/mol. The van der Waals surface area contributed by atoms with E-state index in [0.29, 0.717) is 10.9 Å². The molecule has 2 aromatic rings. The van der Waals surface area contributed by atoms with Gasteiger partial charge in [-0.05, 0) is 66.3 Å². The molecule has 0 atom stereocenters. The molecule has 154 valence electrons. The van der Waals surface area contributed by atoms with Gasteiger partial charge in [-0.1, -0.05) is 49.1 Å². The SMILES string of the molecule is CC(C)NCc1ccc([S-](=O)=NC(=O)Nc2c3c(cc4c2CCC4)CCC3)cc1. The van der Waals surface area contributed by atoms with Crippen molar-refractivity contribution in [2.75, 3.05) is 5.32 Å². The summed E-state index contributed by atoms with van der Waals surface area (Å²) in [6.07, 6.45) is 6.39. The van der Waals surface area contributed by atoms with E-state index in [0.717, 1.165) is 56.3 Å². The molecule has 2 amide bonds. The van der Waals surface area contributed by atoms with E-state index < -0.39 is 16.6 Å². The van der Waals surface area contributed by atoms with E-state index >= 15 is 0 Å². The largest absolute Gasteiger partial charge is 0.439 e. The Bertz CT molecular complexity index is 974. The lowest BCUT2D eigenvalue weighted by Gasteiger charge is -2.16. The van der Waals surface area contributed by atoms with Crippen molar-refractivity contribution in [1.29, 1.82) is 0 Å². The Morgan fingerprint density at radius 2 is 1.66 bits per heavy atom. The molecule has 29 heavy (non-hydrogen) atoms. The van der Waals surface area contributed by atoms with Gasteiger partial charge in [-0.25, -0.2) is 4.79 Å². The van der Waals surface area contributed by atoms with E-state index in [9.17, 15) is 9.00 Å². The van der Waals surface area contributed by atoms with Gasteiger partial charge < -0.3 is 19.2 Å². The third-order valence-electron chi connectivity index (χ3n) is 5.71. The average molecular weight is 411 g/mol. The average Bonchev–Trinajstić information content (AvgIpc) is 3.35. The van der Waals surface area contributed by atoms with Crippen LogP contribution in [0.25, 0.3) is 0 Å². The number of rotatable bonds is 5. The Morgan fingerprint density at radius 3 is 2.24 bits per heavy atom. The van der Waals surface area contributed by atoms with Gasteiger partial charge in [0.2, 0.25) is 0 Å². The first kappa shape index (κ1) is 20.1. The van der Waals surface area contributed by atoms with Gasteiger partial charge in [0.05, 0.1) is 0 Å². The number of hydrogen-bond donors (Lipinski definition) is 2. The van der Waals surface area contributed by atoms with Crippen molar-refractivity contribution < 1.29 is 9.00 Å². The van der Waals surface area contributed by atoms with Crippen molar-refractivity contribution in [3.8, 4) is 0 Å². The standard InChI is InChI=1S/C23H28N3O2S/c1-15(2)24-14-16-9-11-19(12-10-16)29(28)26-23(27)25-22-20-7-3-5-17(20)13-18-6-4-8-21(18)22/h9-13,15,24H,3-8,14H2,1-2H3,(H,25,27)/q-1. The van der Waals surface area contributed by atoms with Crippen molar-refractivity contribution in [2.24, 2.45) is 4.36 Å². The summed E-state index contributed by atoms with van der Waals surface area (Å²) in [7, 11) is -1.71. The molecular weight excluding hydrogens is 382 g/mol. The number of nitrogens with zero attached hydrogens (tertiary/aromatic N) is 1. The molecule has 0 unspecified atom stereocenters. The summed E-state index contributed by atoms with van der Waals surface area (Å²) >= 11 is 0. The summed E-state index contributed by atoms with van der Waals surface area (Å²) < 4.78 is 16.5. The smallest absolute Gasteiger partial charge is 0.322 e. The van der Waals surface area contributed by atoms with Crippen LogP contribution >= 0.6 is 0 Å². The highest BCUT2D eigenvalue weighted by atomic mass is 32.2. The van der Waals surface area contributed by atoms with Crippen LogP contribution in [0.15, 0.2) is 39.6 Å². The van der Waals surface area contributed by atoms with Gasteiger partial charge in [-0.2, -0.15) is 10.6 Å². The molecule has 0 aromatic heterocycles. The van der Waals surface area contributed by atoms with E-state index in [4.69, 9.17) is 0 Å². The zero-order valence-electron chi connectivity index (χ0n) is 17.1. The van der Waals surface area contributed by atoms with Crippen LogP contribution in [0.3, 0.4) is 0 Å². The number of amides is 2. The predicted octanol–water partition coefficient (Wildman–Crippen LogP) is 4.90. The second-order valence-corrected chi connectivity index (χ2v) is 9.34. The number of anilines is 1. The van der Waals surface area contributed by atoms with Gasteiger partial charge >= 0.3 is 6.03 Å². The second-order valence-electron chi connectivity index (χ2n) is 8.18. The first-order valence-electron chi connectivity index (χ1n) is 10.4. The summed E-state index contributed by atoms with van der Waals surface area (Å²) in [5, 5.41) is 6.33. The van der Waals surface area contributed by atoms with Crippen LogP contribution in [-0.2, 0) is 47.0 Å². The molecule has 0 radical (unpaired) electrons. The number of carbonyl (C=O) groups excluding carboxylic acids is 1. The van der Waals surface area contributed by atoms with Crippen molar-refractivity contribution in [1.82, 2.24) is 5.32 Å². The summed E-state index contributed by atoms with van der Waals surface area (Å²) in [4.78, 5) is 13.1. The van der Waals surface area contributed by atoms with Gasteiger partial charge in [0.15, 0.2) is 0 Å². The molecule has 0 aliphatic heterocycles. The van der Waals surface area contributed by atoms with Crippen molar-refractivity contribution in [2.45, 2.75) is 69.9 Å². The molecule has 2 aromatic carbocycles. The molecule has 0 spiro atoms. The van der Waals surface area contributed by atoms with Crippen molar-refractivity contribution >= 4 is 22.3 Å². The molecule has 0 heterocycles. The van der Waals surface area contributed by atoms with Crippen molar-refractivity contribution in [3.05, 3.63) is 58.1 Å². The number of fused-ring (bicyclic) bond motifs is 2. The minimum Gasteiger partial charge on any atom is -0.439 e. The highest BCUT2D eigenvalue weighted by molar-refractivity contribution is 7.75. The van der Waals surface area contributed by atoms with Gasteiger partial charge in [0, 0.05) is 18.3 Å². The van der Waals surface area contributed by atoms with Crippen LogP contribution < -0.4 is 10.6 Å². The first-order chi connectivity index (χ1) is 14.0. The van der Waals surface area contributed by atoms with Gasteiger partial charge in [-0.15, -0.1) is 0 Å². The lowest BCUT2D eigenvalue weighted by Crippen LogP contribution is -2.21. The van der Waals surface area contributed by atoms with Gasteiger partial charge in [0.25, 0.3) is 0 Å². The van der Waals surface area contributed by atoms with E-state index in [1.165, 1.54) is 22.3 Å². The number of carbonyl (C=O) groups is 1. The predicted molar refractivity (Wildman–Crippen MR) is 117 cm³/mol. The number of hydrogen-bond acceptors (Lipinski definition) is 4. The maximum absolute atomic E-state index is 12.6. The fourth-order valence-corrected chi connectivity index (χ4v) is 4.94. The molecule has 0 saturated heterocycles. The van der Waals surface area contributed by atoms with Gasteiger partial charge in [-0.3, -0.25) is 0 Å². The van der Waals surface area contributed by atoms with Gasteiger partial charge in [0.1, 0.15) is 0 Å². The Balaban J connectivity index is 1.50. The topological polar surface area (TPSA) is 70.6 Å². The molecule has 0 fully saturated rings. The number of nitrogens with one attached hydrogen (secondary N) is 2. The summed E-state index contributed by atoms with van der Waals surface area (Å²) in [6.45, 7) is 4.95. The molecule has 2 aliphatic rings. The fraction of sp³-hybridized carbons (Fsp3) is 0.435. The number of benzene rings is 2. The van der Waals surface area contributed by atoms with Crippen molar-refractivity contribution in [3.63, 3.8) is 0 Å². The zero-order chi connectivity index (χ0) is 20.4. The highest BCUT2D eigenvalue weighted by Gasteiger charge is 2.24. The van der Waals surface area contributed by atoms with Crippen LogP contribution in [-0.4, -0.2) is 12.1 Å². The lowest BCUT2D eigenvalue weighted by atomic mass is 9.99. The van der Waals surface area contributed by atoms with Crippen LogP contribution in [0.5, 0.6) is 0 Å². The molecule has 6 heteroatoms. The quantitative estimate of drug-likeness (QED) is 0.689. The summed E-state index contributed by atoms with van der Waals surface area (Å²) in [5.41, 5.74) is 7.26. The lowest BCUT2D eigenvalue weighted by molar-refractivity contribution is 0.260. The van der Waals surface area contributed by atoms with E-state index in [1.54, 1.807) is 12.1 Å². The summed E-state index contributed by atoms with van der Waals surface area (Å²) in [5.74, 6) is 0. The molecule has 0 bridgehead atoms. The van der Waals surface area contributed by atoms with Crippen LogP contribution in [0.2, 0.25) is 0 Å². The number of urea groups is 1. The molecule has 4 rings (SSSR count). The van der Waals surface area contributed by atoms with Crippen LogP contribution in [0.4, 0.5) is 10.5 Å². The maximum Gasteiger partial charge on any atom is 0.322 e. The minimum absolute atomic E-state index is 0.406. The zero-order valence-corrected chi connectivity index (χ0v) is 17.9.